The van der Waals surface area contributed by atoms with Crippen LogP contribution in [0.3, 0.4) is 0 Å². The molecule has 4 rings (SSSR count). The molecule has 0 saturated carbocycles. The summed E-state index contributed by atoms with van der Waals surface area (Å²) in [4.78, 5) is 27.6. The van der Waals surface area contributed by atoms with Crippen LogP contribution in [-0.2, 0) is 26.0 Å². The van der Waals surface area contributed by atoms with Crippen LogP contribution in [0.2, 0.25) is 0 Å². The van der Waals surface area contributed by atoms with Gasteiger partial charge < -0.3 is 15.6 Å². The zero-order valence-corrected chi connectivity index (χ0v) is 19.6. The summed E-state index contributed by atoms with van der Waals surface area (Å²) >= 11 is 0. The molecule has 0 bridgehead atoms. The van der Waals surface area contributed by atoms with Crippen LogP contribution in [-0.4, -0.2) is 63.7 Å². The molecule has 2 atom stereocenters. The van der Waals surface area contributed by atoms with Gasteiger partial charge in [0.15, 0.2) is 5.03 Å². The van der Waals surface area contributed by atoms with Gasteiger partial charge in [0.1, 0.15) is 17.6 Å². The van der Waals surface area contributed by atoms with Crippen molar-refractivity contribution in [1.82, 2.24) is 19.1 Å². The molecule has 3 heterocycles. The molecule has 0 aliphatic carbocycles. The number of rotatable bonds is 8. The summed E-state index contributed by atoms with van der Waals surface area (Å²) in [6.45, 7) is 2.11. The lowest BCUT2D eigenvalue weighted by Gasteiger charge is -2.36. The fraction of sp³-hybridized carbons (Fsp3) is 0.364. The topological polar surface area (TPSA) is 158 Å². The molecule has 13 heteroatoms. The van der Waals surface area contributed by atoms with Crippen molar-refractivity contribution in [3.05, 3.63) is 48.0 Å². The van der Waals surface area contributed by atoms with Crippen molar-refractivity contribution in [2.75, 3.05) is 13.2 Å². The van der Waals surface area contributed by atoms with Gasteiger partial charge in [-0.3, -0.25) is 14.3 Å². The Morgan fingerprint density at radius 3 is 2.69 bits per heavy atom. The average Bonchev–Trinajstić information content (AvgIpc) is 3.15. The van der Waals surface area contributed by atoms with Gasteiger partial charge in [-0.25, -0.2) is 17.8 Å². The third-order valence-corrected chi connectivity index (χ3v) is 7.68. The predicted octanol–water partition coefficient (Wildman–Crippen LogP) is 1.48. The van der Waals surface area contributed by atoms with E-state index in [0.29, 0.717) is 23.3 Å². The number of aliphatic carboxylic acids is 1. The summed E-state index contributed by atoms with van der Waals surface area (Å²) in [6, 6.07) is 4.96. The number of nitrogens with zero attached hydrogens (tertiary/aromatic N) is 4. The van der Waals surface area contributed by atoms with Gasteiger partial charge in [0.25, 0.3) is 10.0 Å². The highest BCUT2D eigenvalue weighted by molar-refractivity contribution is 7.89. The Morgan fingerprint density at radius 1 is 1.29 bits per heavy atom. The first kappa shape index (κ1) is 24.5. The number of hydrogen-bond donors (Lipinski definition) is 2. The monoisotopic (exact) mass is 505 g/mol. The van der Waals surface area contributed by atoms with Crippen molar-refractivity contribution in [3.8, 4) is 5.75 Å². The molecule has 3 N–H and O–H groups in total. The second-order valence-corrected chi connectivity index (χ2v) is 9.94. The fourth-order valence-corrected chi connectivity index (χ4v) is 5.85. The fourth-order valence-electron chi connectivity index (χ4n) is 4.31. The lowest BCUT2D eigenvalue weighted by molar-refractivity contribution is -0.136. The molecule has 1 aliphatic rings. The van der Waals surface area contributed by atoms with E-state index in [1.807, 2.05) is 0 Å². The number of carboxylic acids is 1. The second-order valence-electron chi connectivity index (χ2n) is 8.10. The zero-order valence-electron chi connectivity index (χ0n) is 18.8. The maximum absolute atomic E-state index is 14.0. The van der Waals surface area contributed by atoms with E-state index >= 15 is 0 Å². The lowest BCUT2D eigenvalue weighted by atomic mass is 9.99. The first-order valence-electron chi connectivity index (χ1n) is 10.9. The average molecular weight is 506 g/mol. The summed E-state index contributed by atoms with van der Waals surface area (Å²) in [6.07, 6.45) is 1.13. The Kier molecular flexibility index (Phi) is 6.72. The van der Waals surface area contributed by atoms with Crippen LogP contribution in [0, 0.1) is 5.82 Å². The number of aromatic nitrogens is 3. The molecule has 2 unspecified atom stereocenters. The predicted molar refractivity (Wildman–Crippen MR) is 122 cm³/mol. The maximum Gasteiger partial charge on any atom is 0.309 e. The summed E-state index contributed by atoms with van der Waals surface area (Å²) < 4.78 is 48.3. The van der Waals surface area contributed by atoms with Gasteiger partial charge in [-0.2, -0.15) is 9.40 Å². The summed E-state index contributed by atoms with van der Waals surface area (Å²) in [5.74, 6) is -2.07. The molecule has 2 aromatic heterocycles. The minimum atomic E-state index is -4.15. The van der Waals surface area contributed by atoms with E-state index in [2.05, 4.69) is 10.1 Å². The zero-order chi connectivity index (χ0) is 25.3. The van der Waals surface area contributed by atoms with E-state index in [1.165, 1.54) is 41.2 Å². The van der Waals surface area contributed by atoms with Gasteiger partial charge in [0, 0.05) is 11.9 Å². The highest BCUT2D eigenvalue weighted by Gasteiger charge is 2.41. The third-order valence-electron chi connectivity index (χ3n) is 5.86. The molecular formula is C22H24FN5O6S. The van der Waals surface area contributed by atoms with E-state index in [-0.39, 0.29) is 36.5 Å². The largest absolute Gasteiger partial charge is 0.492 e. The number of carboxylic acid groups (broad SMARTS) is 1. The summed E-state index contributed by atoms with van der Waals surface area (Å²) in [5.41, 5.74) is 6.20. The van der Waals surface area contributed by atoms with Crippen LogP contribution in [0.25, 0.3) is 10.9 Å². The number of primary amides is 1. The number of fused-ring (bicyclic) bond motifs is 1. The molecule has 186 valence electrons. The van der Waals surface area contributed by atoms with Crippen LogP contribution < -0.4 is 10.5 Å². The van der Waals surface area contributed by atoms with E-state index in [9.17, 15) is 27.5 Å². The minimum absolute atomic E-state index is 0.0224. The smallest absolute Gasteiger partial charge is 0.309 e. The number of nitrogens with two attached hydrogens (primary N) is 1. The molecule has 1 amide bonds. The number of benzene rings is 1. The van der Waals surface area contributed by atoms with Crippen molar-refractivity contribution in [2.45, 2.75) is 43.3 Å². The first-order valence-corrected chi connectivity index (χ1v) is 12.3. The molecule has 11 nitrogen and oxygen atoms in total. The Hall–Kier alpha value is -3.58. The normalized spacial score (nSPS) is 19.0. The van der Waals surface area contributed by atoms with Crippen LogP contribution >= 0.6 is 0 Å². The molecule has 0 spiro atoms. The summed E-state index contributed by atoms with van der Waals surface area (Å²) in [5, 5.41) is 13.8. The molecule has 1 aromatic carbocycles. The molecule has 0 radical (unpaired) electrons. The number of pyridine rings is 1. The third kappa shape index (κ3) is 4.82. The number of carbonyl (C=O) groups excluding carboxylic acids is 1. The molecule has 1 fully saturated rings. The van der Waals surface area contributed by atoms with Crippen molar-refractivity contribution >= 4 is 32.8 Å². The Morgan fingerprint density at radius 2 is 2.06 bits per heavy atom. The highest BCUT2D eigenvalue weighted by atomic mass is 32.2. The molecule has 1 saturated heterocycles. The van der Waals surface area contributed by atoms with Gasteiger partial charge >= 0.3 is 5.97 Å². The van der Waals surface area contributed by atoms with E-state index < -0.39 is 39.8 Å². The van der Waals surface area contributed by atoms with Gasteiger partial charge in [0.05, 0.1) is 36.5 Å². The lowest BCUT2D eigenvalue weighted by Crippen LogP contribution is -2.52. The number of sulfonamides is 1. The number of halogens is 1. The van der Waals surface area contributed by atoms with Crippen LogP contribution in [0.1, 0.15) is 31.5 Å². The Bertz CT molecular complexity index is 1370. The quantitative estimate of drug-likeness (QED) is 0.466. The van der Waals surface area contributed by atoms with Crippen molar-refractivity contribution in [1.29, 1.82) is 0 Å². The number of carbonyl (C=O) groups is 2. The van der Waals surface area contributed by atoms with Gasteiger partial charge in [-0.1, -0.05) is 0 Å². The van der Waals surface area contributed by atoms with Crippen LogP contribution in [0.15, 0.2) is 41.6 Å². The number of ether oxygens (including phenoxy) is 1. The second kappa shape index (κ2) is 9.58. The minimum Gasteiger partial charge on any atom is -0.492 e. The van der Waals surface area contributed by atoms with E-state index in [0.717, 1.165) is 4.31 Å². The molecule has 3 aromatic rings. The Balaban J connectivity index is 1.66. The van der Waals surface area contributed by atoms with Crippen LogP contribution in [0.5, 0.6) is 5.75 Å². The van der Waals surface area contributed by atoms with Gasteiger partial charge in [-0.05, 0) is 50.1 Å². The molecular weight excluding hydrogens is 481 g/mol. The standard InChI is InChI=1S/C22H24FN5O6S/c1-2-34-15-4-6-20(25-12-15)35(32,33)27-8-7-14(10-19(27)22(24)31)28-18-9-13(23)3-5-16(18)17(26-28)11-21(29)30/h3-6,9,12,14,19H,2,7-8,10-11H2,1H3,(H2,24,31)(H,29,30). The summed E-state index contributed by atoms with van der Waals surface area (Å²) in [7, 11) is -4.15. The molecule has 35 heavy (non-hydrogen) atoms. The number of hydrogen-bond acceptors (Lipinski definition) is 7. The van der Waals surface area contributed by atoms with Crippen molar-refractivity contribution in [3.63, 3.8) is 0 Å². The number of piperidine rings is 1. The van der Waals surface area contributed by atoms with E-state index in [4.69, 9.17) is 10.5 Å². The maximum atomic E-state index is 14.0. The SMILES string of the molecule is CCOc1ccc(S(=O)(=O)N2CCC(n3nc(CC(=O)O)c4ccc(F)cc43)CC2C(N)=O)nc1. The van der Waals surface area contributed by atoms with Crippen molar-refractivity contribution < 1.29 is 32.2 Å². The van der Waals surface area contributed by atoms with Crippen LogP contribution in [0.4, 0.5) is 4.39 Å². The van der Waals surface area contributed by atoms with E-state index in [1.54, 1.807) is 6.92 Å². The highest BCUT2D eigenvalue weighted by Crippen LogP contribution is 2.34. The number of amides is 1. The molecule has 1 aliphatic heterocycles. The van der Waals surface area contributed by atoms with Gasteiger partial charge in [-0.15, -0.1) is 0 Å². The first-order chi connectivity index (χ1) is 16.6. The Labute approximate surface area is 200 Å². The van der Waals surface area contributed by atoms with Crippen molar-refractivity contribution in [2.24, 2.45) is 5.73 Å². The van der Waals surface area contributed by atoms with Gasteiger partial charge in [0.2, 0.25) is 5.91 Å².